The number of amides is 3. The monoisotopic (exact) mass is 1030 g/mol. The summed E-state index contributed by atoms with van der Waals surface area (Å²) in [7, 11) is -4.48. The molecule has 6 aliphatic heterocycles. The molecule has 3 saturated heterocycles. The van der Waals surface area contributed by atoms with Gasteiger partial charge in [-0.05, 0) is 103 Å². The smallest absolute Gasteiger partial charge is 0.475 e. The van der Waals surface area contributed by atoms with Gasteiger partial charge in [0, 0.05) is 55.6 Å². The Kier molecular flexibility index (Phi) is 15.2. The quantitative estimate of drug-likeness (QED) is 0.0666. The van der Waals surface area contributed by atoms with Gasteiger partial charge >= 0.3 is 7.82 Å². The molecule has 20 heteroatoms. The maximum absolute atomic E-state index is 14.8. The summed E-state index contributed by atoms with van der Waals surface area (Å²) in [6, 6.07) is 15.8. The van der Waals surface area contributed by atoms with Gasteiger partial charge in [0.2, 0.25) is 17.7 Å². The Labute approximate surface area is 432 Å². The average Bonchev–Trinajstić information content (AvgIpc) is 4.12. The Morgan fingerprint density at radius 1 is 0.568 bits per heavy atom. The molecule has 0 N–H and O–H groups in total. The number of nitrogens with zero attached hydrogens (tertiary/aromatic N) is 6. The molecule has 0 spiro atoms. The van der Waals surface area contributed by atoms with Gasteiger partial charge in [0.25, 0.3) is 0 Å². The first kappa shape index (κ1) is 52.8. The third-order valence-corrected chi connectivity index (χ3v) is 16.1. The van der Waals surface area contributed by atoms with Crippen LogP contribution in [0.2, 0.25) is 0 Å². The van der Waals surface area contributed by atoms with Gasteiger partial charge in [-0.15, -0.1) is 0 Å². The number of hydrogen-bond acceptors (Lipinski definition) is 14. The van der Waals surface area contributed by atoms with Crippen molar-refractivity contribution in [2.45, 2.75) is 133 Å². The highest BCUT2D eigenvalue weighted by atomic mass is 31.2. The van der Waals surface area contributed by atoms with Gasteiger partial charge in [0.1, 0.15) is 52.4 Å². The zero-order valence-corrected chi connectivity index (χ0v) is 43.6. The Hall–Kier alpha value is -6.07. The lowest BCUT2D eigenvalue weighted by atomic mass is 9.84. The number of likely N-dealkylation sites (tertiary alicyclic amines) is 3. The third kappa shape index (κ3) is 10.6. The fraction of sp³-hybridized carbons (Fsp3) is 0.556. The molecule has 3 aromatic carbocycles. The second-order valence-corrected chi connectivity index (χ2v) is 22.5. The highest BCUT2D eigenvalue weighted by Gasteiger charge is 2.52. The van der Waals surface area contributed by atoms with Crippen molar-refractivity contribution in [2.75, 3.05) is 59.3 Å². The van der Waals surface area contributed by atoms with Crippen LogP contribution < -0.4 is 14.2 Å². The van der Waals surface area contributed by atoms with Crippen molar-refractivity contribution in [3.63, 3.8) is 0 Å². The van der Waals surface area contributed by atoms with E-state index in [-0.39, 0.29) is 57.4 Å². The van der Waals surface area contributed by atoms with Crippen LogP contribution >= 0.6 is 7.82 Å². The van der Waals surface area contributed by atoms with Crippen molar-refractivity contribution in [3.8, 4) is 23.3 Å². The summed E-state index contributed by atoms with van der Waals surface area (Å²) >= 11 is 0. The van der Waals surface area contributed by atoms with Crippen molar-refractivity contribution in [1.82, 2.24) is 14.7 Å². The van der Waals surface area contributed by atoms with Crippen LogP contribution in [0.15, 0.2) is 54.6 Å². The number of rotatable bonds is 18. The van der Waals surface area contributed by atoms with Gasteiger partial charge in [-0.2, -0.15) is 5.26 Å². The predicted molar refractivity (Wildman–Crippen MR) is 266 cm³/mol. The summed E-state index contributed by atoms with van der Waals surface area (Å²) in [6.45, 7) is 26.8. The molecule has 19 nitrogen and oxygen atoms in total. The highest BCUT2D eigenvalue weighted by Crippen LogP contribution is 2.52. The van der Waals surface area contributed by atoms with Gasteiger partial charge in [-0.3, -0.25) is 28.0 Å². The Balaban J connectivity index is 0.927. The van der Waals surface area contributed by atoms with E-state index in [0.29, 0.717) is 109 Å². The van der Waals surface area contributed by atoms with Crippen molar-refractivity contribution in [3.05, 3.63) is 99.7 Å². The minimum Gasteiger partial charge on any atom is -0.485 e. The van der Waals surface area contributed by atoms with E-state index < -0.39 is 61.1 Å². The molecular formula is C54H63N6O13P. The SMILES string of the molecule is [C-]#[N+]c1ccc2c(c1)C(N1CCCC1=O)[C@H](OCCOP(=O)(OCCO[C@H]1[C@H](N3CCCC3=O)c3cc(C#N)ccc3OC1(C)C)OCCO[C@H]1[C@H](N3CCCC3=O)c3cc([N+]#[C-])ccc3OC1(C)C)C(C)(C)O2. The first-order valence-corrected chi connectivity index (χ1v) is 26.7. The number of ether oxygens (including phenoxy) is 6. The molecular weight excluding hydrogens is 972 g/mol. The molecule has 9 rings (SSSR count). The van der Waals surface area contributed by atoms with E-state index in [2.05, 4.69) is 15.8 Å². The summed E-state index contributed by atoms with van der Waals surface area (Å²) in [4.78, 5) is 52.5. The van der Waals surface area contributed by atoms with Crippen molar-refractivity contribution >= 4 is 36.9 Å². The van der Waals surface area contributed by atoms with Gasteiger partial charge < -0.3 is 43.1 Å². The molecule has 392 valence electrons. The van der Waals surface area contributed by atoms with E-state index in [4.69, 9.17) is 55.1 Å². The number of benzene rings is 3. The van der Waals surface area contributed by atoms with E-state index >= 15 is 0 Å². The number of carbonyl (C=O) groups is 3. The first-order chi connectivity index (χ1) is 35.4. The van der Waals surface area contributed by atoms with Gasteiger partial charge in [0.05, 0.1) is 82.5 Å². The van der Waals surface area contributed by atoms with Crippen LogP contribution in [0.5, 0.6) is 17.2 Å². The first-order valence-electron chi connectivity index (χ1n) is 25.3. The molecule has 3 aromatic rings. The Morgan fingerprint density at radius 2 is 0.905 bits per heavy atom. The zero-order valence-electron chi connectivity index (χ0n) is 42.7. The van der Waals surface area contributed by atoms with Gasteiger partial charge in [-0.25, -0.2) is 14.3 Å². The zero-order chi connectivity index (χ0) is 52.6. The Bertz CT molecular complexity index is 2540. The molecule has 3 amide bonds. The number of phosphoric acid groups is 1. The third-order valence-electron chi connectivity index (χ3n) is 14.6. The number of carbonyl (C=O) groups excluding carboxylic acids is 3. The molecule has 3 fully saturated rings. The fourth-order valence-corrected chi connectivity index (χ4v) is 12.4. The second-order valence-electron chi connectivity index (χ2n) is 20.9. The van der Waals surface area contributed by atoms with Crippen LogP contribution in [0.25, 0.3) is 9.69 Å². The van der Waals surface area contributed by atoms with E-state index in [9.17, 15) is 24.2 Å². The van der Waals surface area contributed by atoms with Crippen LogP contribution in [0.4, 0.5) is 11.4 Å². The van der Waals surface area contributed by atoms with E-state index in [1.165, 1.54) is 0 Å². The van der Waals surface area contributed by atoms with Crippen LogP contribution in [-0.4, -0.2) is 127 Å². The lowest BCUT2D eigenvalue weighted by molar-refractivity contribution is -0.150. The van der Waals surface area contributed by atoms with Crippen molar-refractivity contribution in [2.24, 2.45) is 0 Å². The molecule has 0 aromatic heterocycles. The fourth-order valence-electron chi connectivity index (χ4n) is 11.3. The van der Waals surface area contributed by atoms with E-state index in [1.54, 1.807) is 69.3 Å². The molecule has 0 radical (unpaired) electrons. The number of phosphoric ester groups is 1. The minimum absolute atomic E-state index is 0.0380. The van der Waals surface area contributed by atoms with Crippen LogP contribution in [0.3, 0.4) is 0 Å². The van der Waals surface area contributed by atoms with Crippen LogP contribution in [0.1, 0.15) is 120 Å². The molecule has 0 saturated carbocycles. The topological polar surface area (TPSA) is 194 Å². The standard InChI is InChI=1S/C54H63N6O13P/c1-52(2)49(46(58-21-9-12-43(58)61)37-30-34(33-55)15-18-40(37)71-52)65-24-27-68-74(64,69-28-25-66-50-47(59-22-10-13-44(59)62)38-31-35(56-7)16-19-41(38)72-53(50,3)4)70-29-26-67-51-48(60-23-11-14-45(60)63)39-32-36(57-8)17-20-42(39)73-54(51,5)6/h15-20,30-32,46-51H,9-14,21-29H2,1-6H3/t46-,47-,48?,49+,50+,51+,74?/m1/s1. The number of hydrogen-bond donors (Lipinski definition) is 0. The molecule has 6 aliphatic rings. The summed E-state index contributed by atoms with van der Waals surface area (Å²) in [5.41, 5.74) is 0.293. The van der Waals surface area contributed by atoms with Crippen LogP contribution in [0, 0.1) is 24.5 Å². The maximum Gasteiger partial charge on any atom is 0.475 e. The molecule has 0 bridgehead atoms. The summed E-state index contributed by atoms with van der Waals surface area (Å²) in [5.74, 6) is 1.53. The Morgan fingerprint density at radius 3 is 1.22 bits per heavy atom. The van der Waals surface area contributed by atoms with Crippen LogP contribution in [-0.2, 0) is 46.7 Å². The maximum atomic E-state index is 14.8. The predicted octanol–water partition coefficient (Wildman–Crippen LogP) is 8.88. The highest BCUT2D eigenvalue weighted by molar-refractivity contribution is 7.48. The molecule has 0 aliphatic carbocycles. The second kappa shape index (κ2) is 21.3. The summed E-state index contributed by atoms with van der Waals surface area (Å²) in [5, 5.41) is 9.79. The van der Waals surface area contributed by atoms with Gasteiger partial charge in [-0.1, -0.05) is 12.1 Å². The molecule has 2 unspecified atom stereocenters. The molecule has 74 heavy (non-hydrogen) atoms. The van der Waals surface area contributed by atoms with E-state index in [1.807, 2.05) is 41.5 Å². The molecule has 6 heterocycles. The summed E-state index contributed by atoms with van der Waals surface area (Å²) in [6.07, 6.45) is 0.953. The van der Waals surface area contributed by atoms with Gasteiger partial charge in [0.15, 0.2) is 11.4 Å². The number of nitriles is 1. The number of fused-ring (bicyclic) bond motifs is 3. The average molecular weight is 1040 g/mol. The lowest BCUT2D eigenvalue weighted by Crippen LogP contribution is -2.55. The summed E-state index contributed by atoms with van der Waals surface area (Å²) < 4.78 is 71.9. The lowest BCUT2D eigenvalue weighted by Gasteiger charge is -2.47. The largest absolute Gasteiger partial charge is 0.485 e. The van der Waals surface area contributed by atoms with Crippen molar-refractivity contribution in [1.29, 1.82) is 5.26 Å². The van der Waals surface area contributed by atoms with E-state index in [0.717, 1.165) is 0 Å². The minimum atomic E-state index is -4.48. The normalized spacial score (nSPS) is 26.1. The van der Waals surface area contributed by atoms with Crippen molar-refractivity contribution < 1.29 is 60.9 Å². The molecule has 7 atom stereocenters.